The van der Waals surface area contributed by atoms with Crippen molar-refractivity contribution in [3.05, 3.63) is 51.9 Å². The van der Waals surface area contributed by atoms with Crippen molar-refractivity contribution >= 4 is 34.2 Å². The fourth-order valence-corrected chi connectivity index (χ4v) is 3.83. The maximum Gasteiger partial charge on any atom is 0.341 e. The molecule has 0 fully saturated rings. The summed E-state index contributed by atoms with van der Waals surface area (Å²) in [6.45, 7) is 7.10. The fourth-order valence-electron chi connectivity index (χ4n) is 2.76. The van der Waals surface area contributed by atoms with E-state index in [2.05, 4.69) is 5.32 Å². The first-order chi connectivity index (χ1) is 12.7. The van der Waals surface area contributed by atoms with Crippen LogP contribution in [-0.2, 0) is 19.7 Å². The van der Waals surface area contributed by atoms with E-state index < -0.39 is 23.3 Å². The minimum Gasteiger partial charge on any atom is -0.481 e. The third kappa shape index (κ3) is 4.36. The average Bonchev–Trinajstić information content (AvgIpc) is 2.89. The molecule has 0 saturated heterocycles. The van der Waals surface area contributed by atoms with Gasteiger partial charge in [-0.1, -0.05) is 30.3 Å². The number of carboxylic acids is 1. The first-order valence-electron chi connectivity index (χ1n) is 8.56. The zero-order valence-electron chi connectivity index (χ0n) is 15.8. The van der Waals surface area contributed by atoms with Gasteiger partial charge >= 0.3 is 11.9 Å². The summed E-state index contributed by atoms with van der Waals surface area (Å²) in [6, 6.07) is 8.63. The Morgan fingerprint density at radius 1 is 1.19 bits per heavy atom. The number of hydrogen-bond acceptors (Lipinski definition) is 5. The lowest BCUT2D eigenvalue weighted by Gasteiger charge is -2.24. The summed E-state index contributed by atoms with van der Waals surface area (Å²) >= 11 is 1.27. The smallest absolute Gasteiger partial charge is 0.341 e. The van der Waals surface area contributed by atoms with Crippen LogP contribution in [0.3, 0.4) is 0 Å². The lowest BCUT2D eigenvalue weighted by atomic mass is 9.79. The highest BCUT2D eigenvalue weighted by Gasteiger charge is 2.38. The maximum atomic E-state index is 12.6. The monoisotopic (exact) mass is 389 g/mol. The number of rotatable bonds is 7. The molecule has 2 N–H and O–H groups in total. The van der Waals surface area contributed by atoms with Crippen LogP contribution in [0, 0.1) is 13.8 Å². The Balaban J connectivity index is 2.28. The van der Waals surface area contributed by atoms with Crippen LogP contribution in [0.5, 0.6) is 0 Å². The number of anilines is 1. The number of aliphatic carboxylic acids is 1. The van der Waals surface area contributed by atoms with Crippen molar-refractivity contribution in [1.29, 1.82) is 0 Å². The normalized spacial score (nSPS) is 12.9. The van der Waals surface area contributed by atoms with Gasteiger partial charge in [-0.2, -0.15) is 0 Å². The molecule has 1 aromatic heterocycles. The predicted octanol–water partition coefficient (Wildman–Crippen LogP) is 3.91. The largest absolute Gasteiger partial charge is 0.481 e. The summed E-state index contributed by atoms with van der Waals surface area (Å²) in [4.78, 5) is 37.6. The minimum absolute atomic E-state index is 0.228. The fraction of sp³-hybridized carbons (Fsp3) is 0.350. The lowest BCUT2D eigenvalue weighted by Crippen LogP contribution is -2.36. The van der Waals surface area contributed by atoms with Crippen LogP contribution in [0.25, 0.3) is 0 Å². The van der Waals surface area contributed by atoms with Crippen molar-refractivity contribution < 1.29 is 24.2 Å². The molecule has 0 saturated carbocycles. The summed E-state index contributed by atoms with van der Waals surface area (Å²) in [5.74, 6) is -2.07. The number of amides is 1. The Morgan fingerprint density at radius 3 is 2.37 bits per heavy atom. The van der Waals surface area contributed by atoms with Crippen LogP contribution in [0.15, 0.2) is 30.3 Å². The molecule has 0 bridgehead atoms. The van der Waals surface area contributed by atoms with Gasteiger partial charge < -0.3 is 15.2 Å². The van der Waals surface area contributed by atoms with Crippen molar-refractivity contribution in [2.45, 2.75) is 39.5 Å². The Morgan fingerprint density at radius 2 is 1.81 bits per heavy atom. The molecular formula is C20H23NO5S. The van der Waals surface area contributed by atoms with E-state index in [1.54, 1.807) is 44.2 Å². The second kappa shape index (κ2) is 8.35. The van der Waals surface area contributed by atoms with Crippen molar-refractivity contribution in [2.75, 3.05) is 11.9 Å². The van der Waals surface area contributed by atoms with Gasteiger partial charge in [0.25, 0.3) is 0 Å². The zero-order valence-corrected chi connectivity index (χ0v) is 16.6. The van der Waals surface area contributed by atoms with Crippen LogP contribution in [-0.4, -0.2) is 29.6 Å². The summed E-state index contributed by atoms with van der Waals surface area (Å²) in [7, 11) is 0. The van der Waals surface area contributed by atoms with Gasteiger partial charge in [0.1, 0.15) is 5.00 Å². The third-order valence-corrected chi connectivity index (χ3v) is 5.64. The van der Waals surface area contributed by atoms with Gasteiger partial charge in [0.05, 0.1) is 17.6 Å². The molecule has 1 heterocycles. The summed E-state index contributed by atoms with van der Waals surface area (Å²) in [6.07, 6.45) is -0.259. The molecule has 1 amide bonds. The van der Waals surface area contributed by atoms with Crippen molar-refractivity contribution in [2.24, 2.45) is 0 Å². The van der Waals surface area contributed by atoms with E-state index >= 15 is 0 Å². The number of hydrogen-bond donors (Lipinski definition) is 2. The predicted molar refractivity (Wildman–Crippen MR) is 104 cm³/mol. The summed E-state index contributed by atoms with van der Waals surface area (Å²) in [5, 5.41) is 12.8. The van der Waals surface area contributed by atoms with Gasteiger partial charge in [-0.3, -0.25) is 9.59 Å². The maximum absolute atomic E-state index is 12.6. The van der Waals surface area contributed by atoms with Crippen molar-refractivity contribution in [1.82, 2.24) is 0 Å². The van der Waals surface area contributed by atoms with Crippen molar-refractivity contribution in [3.8, 4) is 0 Å². The van der Waals surface area contributed by atoms with E-state index in [0.717, 1.165) is 10.4 Å². The number of carbonyl (C=O) groups excluding carboxylic acids is 2. The Hall–Kier alpha value is -2.67. The Labute approximate surface area is 162 Å². The number of esters is 1. The highest BCUT2D eigenvalue weighted by atomic mass is 32.1. The molecule has 2 aromatic rings. The quantitative estimate of drug-likeness (QED) is 0.700. The van der Waals surface area contributed by atoms with E-state index in [1.807, 2.05) is 6.92 Å². The molecule has 7 heteroatoms. The molecule has 0 radical (unpaired) electrons. The van der Waals surface area contributed by atoms with Gasteiger partial charge in [-0.15, -0.1) is 11.3 Å². The first-order valence-corrected chi connectivity index (χ1v) is 9.38. The van der Waals surface area contributed by atoms with Crippen LogP contribution < -0.4 is 5.32 Å². The van der Waals surface area contributed by atoms with Gasteiger partial charge in [0.15, 0.2) is 0 Å². The lowest BCUT2D eigenvalue weighted by molar-refractivity contribution is -0.145. The molecule has 0 aliphatic heterocycles. The molecule has 0 spiro atoms. The average molecular weight is 389 g/mol. The van der Waals surface area contributed by atoms with Gasteiger partial charge in [-0.25, -0.2) is 4.79 Å². The molecule has 2 rings (SSSR count). The molecule has 0 unspecified atom stereocenters. The second-order valence-electron chi connectivity index (χ2n) is 6.44. The zero-order chi connectivity index (χ0) is 20.2. The second-order valence-corrected chi connectivity index (χ2v) is 7.66. The SMILES string of the molecule is CCOC(=O)c1c(NC(=O)C[C@@](C)(C(=O)O)c2ccccc2)sc(C)c1C. The number of carboxylic acid groups (broad SMARTS) is 1. The topological polar surface area (TPSA) is 92.7 Å². The van der Waals surface area contributed by atoms with Gasteiger partial charge in [-0.05, 0) is 38.8 Å². The third-order valence-electron chi connectivity index (χ3n) is 4.51. The molecule has 1 atom stereocenters. The van der Waals surface area contributed by atoms with E-state index in [4.69, 9.17) is 4.74 Å². The van der Waals surface area contributed by atoms with Crippen LogP contribution in [0.2, 0.25) is 0 Å². The standard InChI is InChI=1S/C20H23NO5S/c1-5-26-18(23)16-12(2)13(3)27-17(16)21-15(22)11-20(4,19(24)25)14-9-7-6-8-10-14/h6-10H,5,11H2,1-4H3,(H,21,22)(H,24,25)/t20-/m1/s1. The number of nitrogens with one attached hydrogen (secondary N) is 1. The number of benzene rings is 1. The molecule has 0 aliphatic carbocycles. The van der Waals surface area contributed by atoms with E-state index in [9.17, 15) is 19.5 Å². The Bertz CT molecular complexity index is 859. The van der Waals surface area contributed by atoms with Crippen LogP contribution in [0.1, 0.15) is 46.6 Å². The highest BCUT2D eigenvalue weighted by Crippen LogP contribution is 2.34. The molecular weight excluding hydrogens is 366 g/mol. The van der Waals surface area contributed by atoms with E-state index in [1.165, 1.54) is 18.3 Å². The number of thiophene rings is 1. The minimum atomic E-state index is -1.38. The molecule has 27 heavy (non-hydrogen) atoms. The molecule has 1 aromatic carbocycles. The first kappa shape index (κ1) is 20.6. The summed E-state index contributed by atoms with van der Waals surface area (Å²) in [5.41, 5.74) is 0.232. The molecule has 144 valence electrons. The molecule has 6 nitrogen and oxygen atoms in total. The Kier molecular flexibility index (Phi) is 6.38. The molecule has 0 aliphatic rings. The van der Waals surface area contributed by atoms with E-state index in [0.29, 0.717) is 16.1 Å². The highest BCUT2D eigenvalue weighted by molar-refractivity contribution is 7.16. The van der Waals surface area contributed by atoms with Crippen LogP contribution >= 0.6 is 11.3 Å². The van der Waals surface area contributed by atoms with Crippen molar-refractivity contribution in [3.63, 3.8) is 0 Å². The van der Waals surface area contributed by atoms with Gasteiger partial charge in [0, 0.05) is 11.3 Å². The number of ether oxygens (including phenoxy) is 1. The summed E-state index contributed by atoms with van der Waals surface area (Å²) < 4.78 is 5.08. The van der Waals surface area contributed by atoms with Gasteiger partial charge in [0.2, 0.25) is 5.91 Å². The van der Waals surface area contributed by atoms with Crippen LogP contribution in [0.4, 0.5) is 5.00 Å². The number of aryl methyl sites for hydroxylation is 1. The number of carbonyl (C=O) groups is 3. The van der Waals surface area contributed by atoms with E-state index in [-0.39, 0.29) is 13.0 Å².